The normalized spacial score (nSPS) is 13.0. The van der Waals surface area contributed by atoms with Gasteiger partial charge in [0.15, 0.2) is 0 Å². The van der Waals surface area contributed by atoms with Gasteiger partial charge in [0.25, 0.3) is 0 Å². The summed E-state index contributed by atoms with van der Waals surface area (Å²) >= 11 is 0. The fraction of sp³-hybridized carbons (Fsp3) is 0.176. The molecule has 0 atom stereocenters. The SMILES string of the molecule is C=CC(O)(c1ccc(C(F)(F)F)cc1)c1ccc(C(F)(F)F)cc1. The van der Waals surface area contributed by atoms with E-state index in [0.717, 1.165) is 54.6 Å². The Bertz CT molecular complexity index is 653. The van der Waals surface area contributed by atoms with Crippen molar-refractivity contribution < 1.29 is 31.4 Å². The summed E-state index contributed by atoms with van der Waals surface area (Å²) in [6, 6.07) is 7.37. The Labute approximate surface area is 133 Å². The second kappa shape index (κ2) is 5.98. The van der Waals surface area contributed by atoms with Gasteiger partial charge in [-0.25, -0.2) is 0 Å². The predicted molar refractivity (Wildman–Crippen MR) is 76.1 cm³/mol. The minimum absolute atomic E-state index is 0.0604. The quantitative estimate of drug-likeness (QED) is 0.602. The maximum Gasteiger partial charge on any atom is 0.416 e. The van der Waals surface area contributed by atoms with Gasteiger partial charge in [-0.1, -0.05) is 36.9 Å². The largest absolute Gasteiger partial charge is 0.416 e. The summed E-state index contributed by atoms with van der Waals surface area (Å²) in [7, 11) is 0. The van der Waals surface area contributed by atoms with E-state index in [1.807, 2.05) is 0 Å². The van der Waals surface area contributed by atoms with Gasteiger partial charge in [-0.15, -0.1) is 0 Å². The van der Waals surface area contributed by atoms with Gasteiger partial charge < -0.3 is 5.11 Å². The molecule has 0 aliphatic carbocycles. The highest BCUT2D eigenvalue weighted by molar-refractivity contribution is 5.42. The molecular weight excluding hydrogens is 334 g/mol. The third-order valence-electron chi connectivity index (χ3n) is 3.60. The van der Waals surface area contributed by atoms with Gasteiger partial charge in [0.2, 0.25) is 0 Å². The summed E-state index contributed by atoms with van der Waals surface area (Å²) in [5.41, 5.74) is -3.58. The minimum Gasteiger partial charge on any atom is -0.377 e. The Morgan fingerprint density at radius 1 is 0.625 bits per heavy atom. The minimum atomic E-state index is -4.53. The van der Waals surface area contributed by atoms with Crippen LogP contribution in [0.25, 0.3) is 0 Å². The molecule has 0 saturated heterocycles. The number of alkyl halides is 6. The van der Waals surface area contributed by atoms with Gasteiger partial charge in [-0.05, 0) is 35.4 Å². The number of aliphatic hydroxyl groups is 1. The number of benzene rings is 2. The summed E-state index contributed by atoms with van der Waals surface area (Å²) in [5.74, 6) is 0. The molecule has 128 valence electrons. The fourth-order valence-corrected chi connectivity index (χ4v) is 2.23. The molecule has 2 aromatic rings. The van der Waals surface area contributed by atoms with E-state index in [0.29, 0.717) is 0 Å². The van der Waals surface area contributed by atoms with Gasteiger partial charge in [0.1, 0.15) is 5.60 Å². The summed E-state index contributed by atoms with van der Waals surface area (Å²) in [4.78, 5) is 0. The number of hydrogen-bond donors (Lipinski definition) is 1. The molecular formula is C17H12F6O. The lowest BCUT2D eigenvalue weighted by molar-refractivity contribution is -0.138. The molecule has 24 heavy (non-hydrogen) atoms. The molecule has 0 radical (unpaired) electrons. The van der Waals surface area contributed by atoms with E-state index in [2.05, 4.69) is 6.58 Å². The van der Waals surface area contributed by atoms with Crippen LogP contribution in [-0.2, 0) is 18.0 Å². The summed E-state index contributed by atoms with van der Waals surface area (Å²) < 4.78 is 75.5. The third kappa shape index (κ3) is 3.46. The third-order valence-corrected chi connectivity index (χ3v) is 3.60. The first-order valence-corrected chi connectivity index (χ1v) is 6.70. The van der Waals surface area contributed by atoms with E-state index < -0.39 is 29.1 Å². The molecule has 2 aromatic carbocycles. The van der Waals surface area contributed by atoms with Crippen LogP contribution >= 0.6 is 0 Å². The average molecular weight is 346 g/mol. The molecule has 0 saturated carbocycles. The molecule has 1 N–H and O–H groups in total. The Kier molecular flexibility index (Phi) is 4.50. The predicted octanol–water partition coefficient (Wildman–Crippen LogP) is 5.15. The molecule has 0 aliphatic rings. The molecule has 0 bridgehead atoms. The van der Waals surface area contributed by atoms with E-state index >= 15 is 0 Å². The zero-order valence-corrected chi connectivity index (χ0v) is 12.1. The molecule has 0 heterocycles. The smallest absolute Gasteiger partial charge is 0.377 e. The van der Waals surface area contributed by atoms with E-state index in [1.165, 1.54) is 0 Å². The summed E-state index contributed by atoms with van der Waals surface area (Å²) in [5, 5.41) is 10.7. The van der Waals surface area contributed by atoms with E-state index in [4.69, 9.17) is 0 Å². The van der Waals surface area contributed by atoms with Crippen LogP contribution < -0.4 is 0 Å². The molecule has 0 amide bonds. The van der Waals surface area contributed by atoms with Crippen LogP contribution in [0.15, 0.2) is 61.2 Å². The van der Waals surface area contributed by atoms with Crippen LogP contribution in [0.4, 0.5) is 26.3 Å². The van der Waals surface area contributed by atoms with Gasteiger partial charge in [-0.3, -0.25) is 0 Å². The monoisotopic (exact) mass is 346 g/mol. The number of halogens is 6. The molecule has 0 aromatic heterocycles. The van der Waals surface area contributed by atoms with Crippen molar-refractivity contribution in [3.63, 3.8) is 0 Å². The number of hydrogen-bond acceptors (Lipinski definition) is 1. The van der Waals surface area contributed by atoms with Crippen molar-refractivity contribution in [2.45, 2.75) is 18.0 Å². The van der Waals surface area contributed by atoms with Crippen molar-refractivity contribution in [2.75, 3.05) is 0 Å². The Hall–Kier alpha value is -2.28. The van der Waals surface area contributed by atoms with Gasteiger partial charge >= 0.3 is 12.4 Å². The first-order valence-electron chi connectivity index (χ1n) is 6.70. The van der Waals surface area contributed by atoms with Crippen molar-refractivity contribution in [3.05, 3.63) is 83.4 Å². The standard InChI is InChI=1S/C17H12F6O/c1-2-15(24,11-3-7-13(8-4-11)16(18,19)20)12-5-9-14(10-6-12)17(21,22)23/h2-10,24H,1H2. The fourth-order valence-electron chi connectivity index (χ4n) is 2.23. The summed E-state index contributed by atoms with van der Waals surface area (Å²) in [6.07, 6.45) is -8.00. The van der Waals surface area contributed by atoms with Crippen LogP contribution in [0, 0.1) is 0 Å². The molecule has 7 heteroatoms. The number of rotatable bonds is 3. The Morgan fingerprint density at radius 2 is 0.875 bits per heavy atom. The first kappa shape index (κ1) is 18.1. The maximum atomic E-state index is 12.6. The molecule has 0 spiro atoms. The van der Waals surface area contributed by atoms with Gasteiger partial charge in [0.05, 0.1) is 11.1 Å². The van der Waals surface area contributed by atoms with E-state index in [9.17, 15) is 31.4 Å². The van der Waals surface area contributed by atoms with Crippen molar-refractivity contribution in [3.8, 4) is 0 Å². The first-order chi connectivity index (χ1) is 11.0. The van der Waals surface area contributed by atoms with Crippen LogP contribution in [0.1, 0.15) is 22.3 Å². The van der Waals surface area contributed by atoms with E-state index in [1.54, 1.807) is 0 Å². The second-order valence-corrected chi connectivity index (χ2v) is 5.12. The average Bonchev–Trinajstić information content (AvgIpc) is 2.53. The molecule has 2 rings (SSSR count). The topological polar surface area (TPSA) is 20.2 Å². The Morgan fingerprint density at radius 3 is 1.08 bits per heavy atom. The van der Waals surface area contributed by atoms with Crippen molar-refractivity contribution in [1.29, 1.82) is 0 Å². The zero-order valence-electron chi connectivity index (χ0n) is 12.1. The zero-order chi connectivity index (χ0) is 18.2. The summed E-state index contributed by atoms with van der Waals surface area (Å²) in [6.45, 7) is 3.43. The van der Waals surface area contributed by atoms with Crippen LogP contribution in [0.3, 0.4) is 0 Å². The molecule has 1 nitrogen and oxygen atoms in total. The van der Waals surface area contributed by atoms with Crippen molar-refractivity contribution >= 4 is 0 Å². The van der Waals surface area contributed by atoms with Crippen LogP contribution in [-0.4, -0.2) is 5.11 Å². The van der Waals surface area contributed by atoms with Crippen molar-refractivity contribution in [1.82, 2.24) is 0 Å². The second-order valence-electron chi connectivity index (χ2n) is 5.12. The molecule has 0 unspecified atom stereocenters. The lowest BCUT2D eigenvalue weighted by atomic mass is 9.85. The van der Waals surface area contributed by atoms with Crippen LogP contribution in [0.5, 0.6) is 0 Å². The maximum absolute atomic E-state index is 12.6. The highest BCUT2D eigenvalue weighted by Gasteiger charge is 2.34. The van der Waals surface area contributed by atoms with Crippen LogP contribution in [0.2, 0.25) is 0 Å². The Balaban J connectivity index is 2.43. The van der Waals surface area contributed by atoms with Gasteiger partial charge in [0, 0.05) is 0 Å². The van der Waals surface area contributed by atoms with Crippen molar-refractivity contribution in [2.24, 2.45) is 0 Å². The highest BCUT2D eigenvalue weighted by atomic mass is 19.4. The van der Waals surface area contributed by atoms with Gasteiger partial charge in [-0.2, -0.15) is 26.3 Å². The lowest BCUT2D eigenvalue weighted by Gasteiger charge is -2.26. The lowest BCUT2D eigenvalue weighted by Crippen LogP contribution is -2.24. The molecule has 0 fully saturated rings. The molecule has 0 aliphatic heterocycles. The van der Waals surface area contributed by atoms with E-state index in [-0.39, 0.29) is 11.1 Å². The highest BCUT2D eigenvalue weighted by Crippen LogP contribution is 2.36.